The number of hydrogen-bond donors (Lipinski definition) is 1. The van der Waals surface area contributed by atoms with Crippen LogP contribution in [-0.4, -0.2) is 57.9 Å². The van der Waals surface area contributed by atoms with Gasteiger partial charge in [-0.25, -0.2) is 0 Å². The molecule has 0 aromatic rings. The molecule has 1 N–H and O–H groups in total. The number of nitrogens with one attached hydrogen (secondary N) is 1. The van der Waals surface area contributed by atoms with Crippen LogP contribution in [0.1, 0.15) is 73.6 Å². The molecule has 166 valence electrons. The number of carbonyl (C=O) groups excluding carboxylic acids is 2. The van der Waals surface area contributed by atoms with Gasteiger partial charge in [0.1, 0.15) is 5.78 Å². The molecule has 0 spiro atoms. The molecule has 0 aromatic carbocycles. The third-order valence-corrected chi connectivity index (χ3v) is 4.16. The minimum absolute atomic E-state index is 0.0802. The van der Waals surface area contributed by atoms with Gasteiger partial charge in [0, 0.05) is 38.0 Å². The highest BCUT2D eigenvalue weighted by Gasteiger charge is 2.21. The minimum atomic E-state index is -0.380. The van der Waals surface area contributed by atoms with Gasteiger partial charge in [0.05, 0.1) is 26.4 Å². The maximum absolute atomic E-state index is 11.8. The van der Waals surface area contributed by atoms with Crippen molar-refractivity contribution in [2.75, 3.05) is 46.2 Å². The second kappa shape index (κ2) is 14.9. The summed E-state index contributed by atoms with van der Waals surface area (Å²) >= 11 is 0. The van der Waals surface area contributed by atoms with Crippen LogP contribution in [0.3, 0.4) is 0 Å². The first-order valence-corrected chi connectivity index (χ1v) is 10.6. The molecule has 0 saturated carbocycles. The number of Topliss-reactive ketones (excluding diaryl/α,β-unsaturated/α-hetero) is 1. The standard InChI is InChI=1S/C22H43NO5/c1-21(2,3)11-7-13-26-15-17-28-18-16-27-14-8-12-23-20(25)10-9-19(24)22(4,5)6/h7-18H2,1-6H3,(H,23,25). The van der Waals surface area contributed by atoms with Crippen LogP contribution in [0.5, 0.6) is 0 Å². The summed E-state index contributed by atoms with van der Waals surface area (Å²) in [7, 11) is 0. The van der Waals surface area contributed by atoms with E-state index in [1.54, 1.807) is 0 Å². The van der Waals surface area contributed by atoms with Crippen molar-refractivity contribution in [1.29, 1.82) is 0 Å². The molecule has 0 aliphatic carbocycles. The SMILES string of the molecule is CC(C)(C)CCCOCCOCCOCCCNC(=O)CCC(=O)C(C)(C)C. The van der Waals surface area contributed by atoms with Gasteiger partial charge in [0.25, 0.3) is 0 Å². The van der Waals surface area contributed by atoms with E-state index in [0.29, 0.717) is 51.4 Å². The number of ketones is 1. The Morgan fingerprint density at radius 3 is 1.71 bits per heavy atom. The van der Waals surface area contributed by atoms with E-state index in [4.69, 9.17) is 14.2 Å². The number of amides is 1. The zero-order chi connectivity index (χ0) is 21.5. The van der Waals surface area contributed by atoms with E-state index in [9.17, 15) is 9.59 Å². The average molecular weight is 402 g/mol. The van der Waals surface area contributed by atoms with Crippen molar-refractivity contribution in [3.8, 4) is 0 Å². The lowest BCUT2D eigenvalue weighted by molar-refractivity contribution is -0.129. The number of ether oxygens (including phenoxy) is 3. The fourth-order valence-corrected chi connectivity index (χ4v) is 2.34. The van der Waals surface area contributed by atoms with Crippen molar-refractivity contribution in [1.82, 2.24) is 5.32 Å². The average Bonchev–Trinajstić information content (AvgIpc) is 2.58. The first-order valence-electron chi connectivity index (χ1n) is 10.6. The molecule has 0 rings (SSSR count). The van der Waals surface area contributed by atoms with Gasteiger partial charge >= 0.3 is 0 Å². The molecule has 0 saturated heterocycles. The van der Waals surface area contributed by atoms with Crippen molar-refractivity contribution in [3.63, 3.8) is 0 Å². The Labute approximate surface area is 172 Å². The second-order valence-electron chi connectivity index (χ2n) is 9.38. The topological polar surface area (TPSA) is 73.9 Å². The van der Waals surface area contributed by atoms with Crippen molar-refractivity contribution >= 4 is 11.7 Å². The van der Waals surface area contributed by atoms with Crippen LogP contribution in [0.2, 0.25) is 0 Å². The van der Waals surface area contributed by atoms with Gasteiger partial charge < -0.3 is 19.5 Å². The van der Waals surface area contributed by atoms with Gasteiger partial charge in [-0.2, -0.15) is 0 Å². The van der Waals surface area contributed by atoms with Crippen LogP contribution in [0.4, 0.5) is 0 Å². The predicted molar refractivity (Wildman–Crippen MR) is 112 cm³/mol. The van der Waals surface area contributed by atoms with Crippen LogP contribution in [-0.2, 0) is 23.8 Å². The summed E-state index contributed by atoms with van der Waals surface area (Å²) in [5.74, 6) is 0.0322. The molecule has 0 aliphatic heterocycles. The summed E-state index contributed by atoms with van der Waals surface area (Å²) < 4.78 is 16.5. The van der Waals surface area contributed by atoms with Gasteiger partial charge in [-0.1, -0.05) is 41.5 Å². The largest absolute Gasteiger partial charge is 0.379 e. The highest BCUT2D eigenvalue weighted by molar-refractivity contribution is 5.88. The Morgan fingerprint density at radius 2 is 1.21 bits per heavy atom. The molecule has 6 nitrogen and oxygen atoms in total. The first kappa shape index (κ1) is 27.0. The molecule has 0 aliphatic rings. The van der Waals surface area contributed by atoms with Gasteiger partial charge in [-0.05, 0) is 24.7 Å². The number of rotatable bonds is 16. The van der Waals surface area contributed by atoms with Crippen LogP contribution >= 0.6 is 0 Å². The molecule has 0 heterocycles. The van der Waals surface area contributed by atoms with E-state index in [-0.39, 0.29) is 23.5 Å². The molecule has 0 aromatic heterocycles. The Bertz CT molecular complexity index is 424. The van der Waals surface area contributed by atoms with Gasteiger partial charge in [-0.3, -0.25) is 9.59 Å². The van der Waals surface area contributed by atoms with Crippen molar-refractivity contribution < 1.29 is 23.8 Å². The van der Waals surface area contributed by atoms with E-state index in [0.717, 1.165) is 25.9 Å². The van der Waals surface area contributed by atoms with Crippen LogP contribution in [0.15, 0.2) is 0 Å². The molecular formula is C22H43NO5. The first-order chi connectivity index (χ1) is 13.0. The molecule has 28 heavy (non-hydrogen) atoms. The summed E-state index contributed by atoms with van der Waals surface area (Å²) in [5, 5.41) is 2.82. The molecule has 0 radical (unpaired) electrons. The van der Waals surface area contributed by atoms with Crippen LogP contribution < -0.4 is 5.32 Å². The fourth-order valence-electron chi connectivity index (χ4n) is 2.34. The third-order valence-electron chi connectivity index (χ3n) is 4.16. The smallest absolute Gasteiger partial charge is 0.220 e. The molecule has 0 unspecified atom stereocenters. The highest BCUT2D eigenvalue weighted by atomic mass is 16.5. The van der Waals surface area contributed by atoms with E-state index in [1.165, 1.54) is 0 Å². The lowest BCUT2D eigenvalue weighted by Gasteiger charge is -2.17. The van der Waals surface area contributed by atoms with E-state index >= 15 is 0 Å². The van der Waals surface area contributed by atoms with Crippen LogP contribution in [0, 0.1) is 10.8 Å². The minimum Gasteiger partial charge on any atom is -0.379 e. The Hall–Kier alpha value is -0.980. The van der Waals surface area contributed by atoms with Gasteiger partial charge in [0.2, 0.25) is 5.91 Å². The van der Waals surface area contributed by atoms with E-state index in [1.807, 2.05) is 20.8 Å². The molecule has 1 amide bonds. The Balaban J connectivity index is 3.31. The quantitative estimate of drug-likeness (QED) is 0.399. The third kappa shape index (κ3) is 18.4. The molecule has 6 heteroatoms. The summed E-state index contributed by atoms with van der Waals surface area (Å²) in [6.45, 7) is 16.5. The van der Waals surface area contributed by atoms with Crippen molar-refractivity contribution in [3.05, 3.63) is 0 Å². The van der Waals surface area contributed by atoms with E-state index in [2.05, 4.69) is 26.1 Å². The molecule has 0 bridgehead atoms. The monoisotopic (exact) mass is 401 g/mol. The lowest BCUT2D eigenvalue weighted by atomic mass is 9.88. The fraction of sp³-hybridized carbons (Fsp3) is 0.909. The van der Waals surface area contributed by atoms with Crippen molar-refractivity contribution in [2.24, 2.45) is 10.8 Å². The number of hydrogen-bond acceptors (Lipinski definition) is 5. The van der Waals surface area contributed by atoms with Crippen molar-refractivity contribution in [2.45, 2.75) is 73.6 Å². The summed E-state index contributed by atoms with van der Waals surface area (Å²) in [4.78, 5) is 23.5. The zero-order valence-corrected chi connectivity index (χ0v) is 19.0. The normalized spacial score (nSPS) is 12.2. The molecule has 0 fully saturated rings. The maximum Gasteiger partial charge on any atom is 0.220 e. The number of carbonyl (C=O) groups is 2. The molecular weight excluding hydrogens is 358 g/mol. The van der Waals surface area contributed by atoms with Crippen LogP contribution in [0.25, 0.3) is 0 Å². The Kier molecular flexibility index (Phi) is 14.4. The van der Waals surface area contributed by atoms with Gasteiger partial charge in [-0.15, -0.1) is 0 Å². The Morgan fingerprint density at radius 1 is 0.714 bits per heavy atom. The second-order valence-corrected chi connectivity index (χ2v) is 9.38. The van der Waals surface area contributed by atoms with E-state index < -0.39 is 0 Å². The summed E-state index contributed by atoms with van der Waals surface area (Å²) in [6, 6.07) is 0. The lowest BCUT2D eigenvalue weighted by Crippen LogP contribution is -2.27. The zero-order valence-electron chi connectivity index (χ0n) is 19.0. The predicted octanol–water partition coefficient (Wildman–Crippen LogP) is 3.76. The maximum atomic E-state index is 11.8. The van der Waals surface area contributed by atoms with Gasteiger partial charge in [0.15, 0.2) is 0 Å². The highest BCUT2D eigenvalue weighted by Crippen LogP contribution is 2.20. The summed E-state index contributed by atoms with van der Waals surface area (Å²) in [5.41, 5.74) is -0.0140. The summed E-state index contributed by atoms with van der Waals surface area (Å²) in [6.07, 6.45) is 3.54. The molecule has 0 atom stereocenters.